The molecule has 13 rings (SSSR count). The van der Waals surface area contributed by atoms with Crippen LogP contribution in [0.3, 0.4) is 0 Å². The van der Waals surface area contributed by atoms with Crippen LogP contribution in [0.25, 0.3) is 98.1 Å². The van der Waals surface area contributed by atoms with Crippen LogP contribution in [0.4, 0.5) is 17.1 Å². The fourth-order valence-corrected chi connectivity index (χ4v) is 11.0. The van der Waals surface area contributed by atoms with E-state index in [1.165, 1.54) is 76.1 Å². The Balaban J connectivity index is 1.09. The van der Waals surface area contributed by atoms with E-state index in [-0.39, 0.29) is 5.41 Å². The smallest absolute Gasteiger partial charge is 0.143 e. The summed E-state index contributed by atoms with van der Waals surface area (Å²) < 4.78 is 6.52. The summed E-state index contributed by atoms with van der Waals surface area (Å²) in [4.78, 5) is 2.45. The number of hydrogen-bond donors (Lipinski definition) is 0. The molecule has 0 saturated carbocycles. The molecule has 1 aliphatic rings. The average Bonchev–Trinajstić information content (AvgIpc) is 3.86. The molecule has 2 nitrogen and oxygen atoms in total. The second kappa shape index (κ2) is 14.4. The Hall–Kier alpha value is -8.20. The summed E-state index contributed by atoms with van der Waals surface area (Å²) in [5.74, 6) is 0. The summed E-state index contributed by atoms with van der Waals surface area (Å²) in [6, 6.07) is 82.5. The SMILES string of the molecule is CC1(C)c2ccccc2-c2ccc(N(c3ccc(-c4cccc5c4oc4ccccc45)cc3)c3ccc4c5ccccc5c5ccccc5c5ccccc5c5ccccc5c4c3)cc21. The van der Waals surface area contributed by atoms with Gasteiger partial charge in [0.1, 0.15) is 11.2 Å². The highest BCUT2D eigenvalue weighted by atomic mass is 16.3. The minimum Gasteiger partial charge on any atom is -0.455 e. The molecule has 2 heteroatoms. The van der Waals surface area contributed by atoms with Gasteiger partial charge in [0.05, 0.1) is 0 Å². The number of fused-ring (bicyclic) bond motifs is 16. The third-order valence-corrected chi connectivity index (χ3v) is 14.1. The molecule has 0 N–H and O–H groups in total. The first kappa shape index (κ1) is 37.4. The highest BCUT2D eigenvalue weighted by Crippen LogP contribution is 2.51. The van der Waals surface area contributed by atoms with Gasteiger partial charge in [0.15, 0.2) is 0 Å². The Morgan fingerprint density at radius 2 is 0.738 bits per heavy atom. The summed E-state index contributed by atoms with van der Waals surface area (Å²) in [6.07, 6.45) is 0. The summed E-state index contributed by atoms with van der Waals surface area (Å²) in [7, 11) is 0. The molecule has 0 aliphatic heterocycles. The van der Waals surface area contributed by atoms with E-state index in [9.17, 15) is 0 Å². The predicted molar refractivity (Wildman–Crippen MR) is 277 cm³/mol. The number of furan rings is 1. The number of nitrogens with zero attached hydrogens (tertiary/aromatic N) is 1. The zero-order valence-corrected chi connectivity index (χ0v) is 36.2. The number of para-hydroxylation sites is 2. The lowest BCUT2D eigenvalue weighted by Gasteiger charge is -2.28. The van der Waals surface area contributed by atoms with Crippen molar-refractivity contribution in [3.05, 3.63) is 236 Å². The highest BCUT2D eigenvalue weighted by molar-refractivity contribution is 6.26. The fraction of sp³-hybridized carbons (Fsp3) is 0.0476. The molecule has 306 valence electrons. The van der Waals surface area contributed by atoms with Crippen LogP contribution in [0, 0.1) is 0 Å². The molecular weight excluding hydrogens is 787 g/mol. The van der Waals surface area contributed by atoms with E-state index in [2.05, 4.69) is 237 Å². The van der Waals surface area contributed by atoms with Crippen molar-refractivity contribution in [1.29, 1.82) is 0 Å². The summed E-state index contributed by atoms with van der Waals surface area (Å²) in [5.41, 5.74) is 12.5. The van der Waals surface area contributed by atoms with Gasteiger partial charge in [-0.15, -0.1) is 0 Å². The van der Waals surface area contributed by atoms with E-state index in [1.807, 2.05) is 6.07 Å². The van der Waals surface area contributed by atoms with E-state index in [0.717, 1.165) is 50.1 Å². The number of rotatable bonds is 4. The Bertz CT molecular complexity index is 3910. The van der Waals surface area contributed by atoms with Crippen LogP contribution in [0.2, 0.25) is 0 Å². The molecule has 12 aromatic rings. The minimum absolute atomic E-state index is 0.155. The minimum atomic E-state index is -0.155. The largest absolute Gasteiger partial charge is 0.455 e. The summed E-state index contributed by atoms with van der Waals surface area (Å²) in [6.45, 7) is 4.72. The Morgan fingerprint density at radius 1 is 0.308 bits per heavy atom. The second-order valence-corrected chi connectivity index (χ2v) is 18.0. The molecule has 11 aromatic carbocycles. The predicted octanol–water partition coefficient (Wildman–Crippen LogP) is 17.9. The Labute approximate surface area is 377 Å². The lowest BCUT2D eigenvalue weighted by Crippen LogP contribution is -2.16. The average molecular weight is 830 g/mol. The first-order chi connectivity index (χ1) is 32.0. The second-order valence-electron chi connectivity index (χ2n) is 18.0. The van der Waals surface area contributed by atoms with Gasteiger partial charge >= 0.3 is 0 Å². The van der Waals surface area contributed by atoms with Crippen LogP contribution in [0.15, 0.2) is 229 Å². The molecule has 0 amide bonds. The topological polar surface area (TPSA) is 16.4 Å². The van der Waals surface area contributed by atoms with Crippen molar-refractivity contribution >= 4 is 92.9 Å². The van der Waals surface area contributed by atoms with E-state index < -0.39 is 0 Å². The van der Waals surface area contributed by atoms with Gasteiger partial charge in [-0.1, -0.05) is 196 Å². The third-order valence-electron chi connectivity index (χ3n) is 14.1. The van der Waals surface area contributed by atoms with E-state index in [1.54, 1.807) is 0 Å². The normalized spacial score (nSPS) is 12.9. The van der Waals surface area contributed by atoms with Crippen molar-refractivity contribution in [2.24, 2.45) is 0 Å². The molecule has 1 aliphatic carbocycles. The third kappa shape index (κ3) is 5.74. The van der Waals surface area contributed by atoms with Gasteiger partial charge in [-0.25, -0.2) is 0 Å². The van der Waals surface area contributed by atoms with Crippen LogP contribution in [-0.2, 0) is 5.41 Å². The summed E-state index contributed by atoms with van der Waals surface area (Å²) in [5, 5.41) is 14.4. The fourth-order valence-electron chi connectivity index (χ4n) is 11.0. The molecule has 1 aromatic heterocycles. The van der Waals surface area contributed by atoms with Crippen molar-refractivity contribution in [1.82, 2.24) is 0 Å². The highest BCUT2D eigenvalue weighted by Gasteiger charge is 2.35. The molecule has 0 spiro atoms. The van der Waals surface area contributed by atoms with Crippen molar-refractivity contribution < 1.29 is 4.42 Å². The maximum atomic E-state index is 6.52. The van der Waals surface area contributed by atoms with Crippen molar-refractivity contribution in [2.75, 3.05) is 4.90 Å². The maximum Gasteiger partial charge on any atom is 0.143 e. The quantitative estimate of drug-likeness (QED) is 0.176. The van der Waals surface area contributed by atoms with Crippen LogP contribution < -0.4 is 4.90 Å². The number of benzene rings is 10. The lowest BCUT2D eigenvalue weighted by atomic mass is 9.82. The van der Waals surface area contributed by atoms with Crippen LogP contribution in [-0.4, -0.2) is 0 Å². The molecule has 0 atom stereocenters. The molecular formula is C63H43NO. The van der Waals surface area contributed by atoms with E-state index in [0.29, 0.717) is 0 Å². The Kier molecular flexibility index (Phi) is 8.29. The first-order valence-electron chi connectivity index (χ1n) is 22.6. The van der Waals surface area contributed by atoms with Crippen LogP contribution in [0.1, 0.15) is 25.0 Å². The zero-order valence-electron chi connectivity index (χ0n) is 36.2. The van der Waals surface area contributed by atoms with Gasteiger partial charge < -0.3 is 9.32 Å². The van der Waals surface area contributed by atoms with E-state index >= 15 is 0 Å². The van der Waals surface area contributed by atoms with Gasteiger partial charge in [-0.3, -0.25) is 0 Å². The molecule has 0 fully saturated rings. The number of anilines is 3. The van der Waals surface area contributed by atoms with E-state index in [4.69, 9.17) is 4.42 Å². The monoisotopic (exact) mass is 829 g/mol. The maximum absolute atomic E-state index is 6.52. The van der Waals surface area contributed by atoms with Gasteiger partial charge in [-0.2, -0.15) is 0 Å². The van der Waals surface area contributed by atoms with Crippen molar-refractivity contribution in [2.45, 2.75) is 19.3 Å². The zero-order chi connectivity index (χ0) is 43.2. The van der Waals surface area contributed by atoms with Gasteiger partial charge in [0.2, 0.25) is 0 Å². The molecule has 0 saturated heterocycles. The summed E-state index contributed by atoms with van der Waals surface area (Å²) >= 11 is 0. The van der Waals surface area contributed by atoms with Gasteiger partial charge in [-0.05, 0) is 124 Å². The number of hydrogen-bond acceptors (Lipinski definition) is 2. The standard InChI is InChI=1S/C63H43NO/c1-63(2)59-28-13-11-24-54(59)55-37-35-43(39-60(55)63)64(41-32-30-40(31-33-41)44-26-15-27-57-56-25-12-14-29-61(56)65-62(44)57)42-34-36-53-51-22-8-7-20-49(51)47-18-4-3-16-45(47)46-17-5-6-19-48(46)50-21-9-10-23-52(50)58(53)38-42/h3-39H,1-2H3. The molecule has 0 unspecified atom stereocenters. The molecule has 1 heterocycles. The van der Waals surface area contributed by atoms with Gasteiger partial charge in [0.25, 0.3) is 0 Å². The Morgan fingerprint density at radius 3 is 1.35 bits per heavy atom. The lowest BCUT2D eigenvalue weighted by molar-refractivity contribution is 0.660. The van der Waals surface area contributed by atoms with Crippen molar-refractivity contribution in [3.8, 4) is 22.3 Å². The molecule has 65 heavy (non-hydrogen) atoms. The molecule has 0 bridgehead atoms. The molecule has 0 radical (unpaired) electrons. The van der Waals surface area contributed by atoms with Crippen LogP contribution in [0.5, 0.6) is 0 Å². The van der Waals surface area contributed by atoms with Crippen molar-refractivity contribution in [3.63, 3.8) is 0 Å². The van der Waals surface area contributed by atoms with Gasteiger partial charge in [0, 0.05) is 38.8 Å². The van der Waals surface area contributed by atoms with Crippen LogP contribution >= 0.6 is 0 Å². The first-order valence-corrected chi connectivity index (χ1v) is 22.6.